The van der Waals surface area contributed by atoms with E-state index < -0.39 is 36.4 Å². The van der Waals surface area contributed by atoms with E-state index in [1.165, 1.54) is 24.3 Å². The molecule has 162 valence electrons. The number of hydrogen-bond donors (Lipinski definition) is 3. The molecule has 0 aliphatic heterocycles. The van der Waals surface area contributed by atoms with Gasteiger partial charge in [-0.2, -0.15) is 13.2 Å². The van der Waals surface area contributed by atoms with Crippen LogP contribution in [0.1, 0.15) is 5.56 Å². The Bertz CT molecular complexity index is 888. The Kier molecular flexibility index (Phi) is 7.32. The van der Waals surface area contributed by atoms with Crippen LogP contribution in [0.3, 0.4) is 0 Å². The molecule has 0 aromatic heterocycles. The van der Waals surface area contributed by atoms with Gasteiger partial charge in [0.15, 0.2) is 11.7 Å². The first kappa shape index (κ1) is 23.1. The molecule has 0 bridgehead atoms. The smallest absolute Gasteiger partial charge is 0.484 e. The molecule has 0 radical (unpaired) electrons. The second-order valence-electron chi connectivity index (χ2n) is 5.51. The van der Waals surface area contributed by atoms with Gasteiger partial charge in [0, 0.05) is 5.69 Å². The van der Waals surface area contributed by atoms with Crippen LogP contribution in [0.4, 0.5) is 32.0 Å². The van der Waals surface area contributed by atoms with Gasteiger partial charge in [-0.1, -0.05) is 6.07 Å². The summed E-state index contributed by atoms with van der Waals surface area (Å²) in [6.07, 6.45) is -9.34. The number of anilines is 1. The van der Waals surface area contributed by atoms with Gasteiger partial charge in [0.2, 0.25) is 0 Å². The molecule has 1 amide bonds. The molecule has 0 saturated heterocycles. The number of hydrogen-bond acceptors (Lipinski definition) is 4. The van der Waals surface area contributed by atoms with E-state index in [9.17, 15) is 31.1 Å². The van der Waals surface area contributed by atoms with Crippen LogP contribution in [-0.2, 0) is 11.0 Å². The van der Waals surface area contributed by atoms with Crippen molar-refractivity contribution < 1.29 is 40.6 Å². The molecule has 0 aliphatic carbocycles. The molecule has 0 fully saturated rings. The van der Waals surface area contributed by atoms with Crippen molar-refractivity contribution in [1.29, 1.82) is 0 Å². The molecule has 3 N–H and O–H groups in total. The summed E-state index contributed by atoms with van der Waals surface area (Å²) in [5.74, 6) is -1.06. The van der Waals surface area contributed by atoms with E-state index in [2.05, 4.69) is 20.9 Å². The van der Waals surface area contributed by atoms with Crippen LogP contribution >= 0.6 is 12.2 Å². The van der Waals surface area contributed by atoms with E-state index in [0.29, 0.717) is 0 Å². The van der Waals surface area contributed by atoms with Gasteiger partial charge >= 0.3 is 12.5 Å². The number of nitrogens with one attached hydrogen (secondary N) is 3. The number of carbonyl (C=O) groups is 1. The van der Waals surface area contributed by atoms with Gasteiger partial charge in [0.05, 0.1) is 5.56 Å². The predicted molar refractivity (Wildman–Crippen MR) is 97.6 cm³/mol. The number of rotatable bonds is 5. The molecule has 0 atom stereocenters. The fraction of sp³-hybridized carbons (Fsp3) is 0.176. The lowest BCUT2D eigenvalue weighted by Gasteiger charge is -2.13. The van der Waals surface area contributed by atoms with Crippen molar-refractivity contribution in [1.82, 2.24) is 10.9 Å². The minimum atomic E-state index is -4.82. The zero-order valence-corrected chi connectivity index (χ0v) is 15.5. The van der Waals surface area contributed by atoms with E-state index in [-0.39, 0.29) is 16.5 Å². The molecule has 0 spiro atoms. The molecule has 30 heavy (non-hydrogen) atoms. The Morgan fingerprint density at radius 2 is 1.57 bits per heavy atom. The highest BCUT2D eigenvalue weighted by Crippen LogP contribution is 2.30. The Hall–Kier alpha value is -3.22. The summed E-state index contributed by atoms with van der Waals surface area (Å²) >= 11 is 4.86. The van der Waals surface area contributed by atoms with Crippen LogP contribution in [0.25, 0.3) is 0 Å². The number of halogens is 6. The Morgan fingerprint density at radius 3 is 2.17 bits per heavy atom. The molecule has 6 nitrogen and oxygen atoms in total. The zero-order valence-electron chi connectivity index (χ0n) is 14.7. The molecule has 13 heteroatoms. The van der Waals surface area contributed by atoms with Crippen LogP contribution in [0.2, 0.25) is 0 Å². The maximum Gasteiger partial charge on any atom is 0.573 e. The van der Waals surface area contributed by atoms with Gasteiger partial charge in [-0.05, 0) is 54.7 Å². The molecule has 0 saturated carbocycles. The largest absolute Gasteiger partial charge is 0.573 e. The molecular weight excluding hydrogens is 440 g/mol. The number of amides is 1. The van der Waals surface area contributed by atoms with Crippen molar-refractivity contribution in [2.45, 2.75) is 12.5 Å². The van der Waals surface area contributed by atoms with E-state index in [1.54, 1.807) is 0 Å². The Balaban J connectivity index is 1.76. The molecule has 0 heterocycles. The average Bonchev–Trinajstić information content (AvgIpc) is 2.64. The highest BCUT2D eigenvalue weighted by atomic mass is 32.1. The minimum Gasteiger partial charge on any atom is -0.484 e. The summed E-state index contributed by atoms with van der Waals surface area (Å²) in [6.45, 7) is -0.515. The fourth-order valence-corrected chi connectivity index (χ4v) is 2.15. The SMILES string of the molecule is O=C(COc1ccc(OC(F)(F)F)cc1)NNC(=S)Nc1cccc(C(F)(F)F)c1. The van der Waals surface area contributed by atoms with Gasteiger partial charge in [0.25, 0.3) is 5.91 Å². The lowest BCUT2D eigenvalue weighted by molar-refractivity contribution is -0.274. The quantitative estimate of drug-likeness (QED) is 0.361. The first-order valence-electron chi connectivity index (χ1n) is 7.94. The van der Waals surface area contributed by atoms with Crippen molar-refractivity contribution in [3.8, 4) is 11.5 Å². The molecule has 0 unspecified atom stereocenters. The average molecular weight is 453 g/mol. The van der Waals surface area contributed by atoms with Crippen LogP contribution in [0.5, 0.6) is 11.5 Å². The topological polar surface area (TPSA) is 71.6 Å². The fourth-order valence-electron chi connectivity index (χ4n) is 1.98. The number of hydrazine groups is 1. The second kappa shape index (κ2) is 9.52. The van der Waals surface area contributed by atoms with Crippen molar-refractivity contribution in [2.75, 3.05) is 11.9 Å². The van der Waals surface area contributed by atoms with E-state index in [4.69, 9.17) is 17.0 Å². The van der Waals surface area contributed by atoms with Gasteiger partial charge in [-0.3, -0.25) is 15.6 Å². The lowest BCUT2D eigenvalue weighted by atomic mass is 10.2. The number of ether oxygens (including phenoxy) is 2. The molecule has 2 aromatic rings. The van der Waals surface area contributed by atoms with Crippen molar-refractivity contribution in [2.24, 2.45) is 0 Å². The summed E-state index contributed by atoms with van der Waals surface area (Å²) in [7, 11) is 0. The molecule has 2 rings (SSSR count). The summed E-state index contributed by atoms with van der Waals surface area (Å²) in [5, 5.41) is 2.28. The number of benzene rings is 2. The second-order valence-corrected chi connectivity index (χ2v) is 5.92. The third-order valence-corrected chi connectivity index (χ3v) is 3.39. The third kappa shape index (κ3) is 8.03. The Labute approximate surface area is 171 Å². The van der Waals surface area contributed by atoms with Gasteiger partial charge in [-0.25, -0.2) is 0 Å². The maximum atomic E-state index is 12.7. The summed E-state index contributed by atoms with van der Waals surface area (Å²) in [6, 6.07) is 8.61. The molecular formula is C17H13F6N3O3S. The van der Waals surface area contributed by atoms with Crippen LogP contribution in [0, 0.1) is 0 Å². The predicted octanol–water partition coefficient (Wildman–Crippen LogP) is 4.00. The number of carbonyl (C=O) groups excluding carboxylic acids is 1. The van der Waals surface area contributed by atoms with Crippen LogP contribution in [-0.4, -0.2) is 24.0 Å². The Morgan fingerprint density at radius 1 is 0.933 bits per heavy atom. The van der Waals surface area contributed by atoms with E-state index in [0.717, 1.165) is 24.3 Å². The standard InChI is InChI=1S/C17H13F6N3O3S/c18-16(19,20)10-2-1-3-11(8-10)24-15(30)26-25-14(27)9-28-12-4-6-13(7-5-12)29-17(21,22)23/h1-8H,9H2,(H,25,27)(H2,24,26,30). The number of thiocarbonyl (C=S) groups is 1. The van der Waals surface area contributed by atoms with Gasteiger partial charge < -0.3 is 14.8 Å². The number of alkyl halides is 6. The zero-order chi connectivity index (χ0) is 22.4. The van der Waals surface area contributed by atoms with E-state index >= 15 is 0 Å². The summed E-state index contributed by atoms with van der Waals surface area (Å²) in [4.78, 5) is 11.7. The summed E-state index contributed by atoms with van der Waals surface area (Å²) in [5.41, 5.74) is 3.60. The minimum absolute atomic E-state index is 0.0500. The molecule has 2 aromatic carbocycles. The van der Waals surface area contributed by atoms with Crippen molar-refractivity contribution in [3.05, 3.63) is 54.1 Å². The van der Waals surface area contributed by atoms with Crippen LogP contribution < -0.4 is 25.6 Å². The summed E-state index contributed by atoms with van der Waals surface area (Å²) < 4.78 is 83.0. The molecule has 0 aliphatic rings. The van der Waals surface area contributed by atoms with Crippen molar-refractivity contribution >= 4 is 28.9 Å². The maximum absolute atomic E-state index is 12.7. The third-order valence-electron chi connectivity index (χ3n) is 3.19. The highest BCUT2D eigenvalue weighted by Gasteiger charge is 2.31. The van der Waals surface area contributed by atoms with Crippen molar-refractivity contribution in [3.63, 3.8) is 0 Å². The van der Waals surface area contributed by atoms with Crippen LogP contribution in [0.15, 0.2) is 48.5 Å². The monoisotopic (exact) mass is 453 g/mol. The van der Waals surface area contributed by atoms with Gasteiger partial charge in [0.1, 0.15) is 11.5 Å². The lowest BCUT2D eigenvalue weighted by Crippen LogP contribution is -2.45. The van der Waals surface area contributed by atoms with E-state index in [1.807, 2.05) is 0 Å². The first-order valence-corrected chi connectivity index (χ1v) is 8.35. The normalized spacial score (nSPS) is 11.4. The first-order chi connectivity index (χ1) is 13.9. The highest BCUT2D eigenvalue weighted by molar-refractivity contribution is 7.80. The van der Waals surface area contributed by atoms with Gasteiger partial charge in [-0.15, -0.1) is 13.2 Å².